The lowest BCUT2D eigenvalue weighted by Crippen LogP contribution is -2.21. The molecule has 3 N–H and O–H groups in total. The van der Waals surface area contributed by atoms with Gasteiger partial charge in [0.05, 0.1) is 0 Å². The first kappa shape index (κ1) is 18.3. The summed E-state index contributed by atoms with van der Waals surface area (Å²) < 4.78 is 5.00. The van der Waals surface area contributed by atoms with Gasteiger partial charge in [-0.1, -0.05) is 49.4 Å². The second-order valence-electron chi connectivity index (χ2n) is 5.97. The lowest BCUT2D eigenvalue weighted by molar-refractivity contribution is -0.119. The Bertz CT molecular complexity index is 1010. The highest BCUT2D eigenvalue weighted by molar-refractivity contribution is 6.04. The van der Waals surface area contributed by atoms with Crippen LogP contribution in [0.1, 0.15) is 22.8 Å². The van der Waals surface area contributed by atoms with Crippen LogP contribution in [0.4, 0.5) is 5.69 Å². The van der Waals surface area contributed by atoms with Gasteiger partial charge in [-0.25, -0.2) is 4.79 Å². The molecular formula is C21H19NO5. The van der Waals surface area contributed by atoms with Gasteiger partial charge < -0.3 is 20.3 Å². The number of carbonyl (C=O) groups is 2. The van der Waals surface area contributed by atoms with Gasteiger partial charge in [-0.2, -0.15) is 0 Å². The number of aryl methyl sites for hydroxylation is 1. The van der Waals surface area contributed by atoms with E-state index in [4.69, 9.17) is 4.74 Å². The molecule has 0 bridgehead atoms. The summed E-state index contributed by atoms with van der Waals surface area (Å²) in [5.74, 6) is -1.84. The number of fused-ring (bicyclic) bond motifs is 1. The number of para-hydroxylation sites is 1. The Morgan fingerprint density at radius 3 is 2.41 bits per heavy atom. The first-order valence-corrected chi connectivity index (χ1v) is 8.49. The van der Waals surface area contributed by atoms with Crippen LogP contribution in [0.2, 0.25) is 0 Å². The van der Waals surface area contributed by atoms with Gasteiger partial charge in [0.2, 0.25) is 0 Å². The summed E-state index contributed by atoms with van der Waals surface area (Å²) in [6, 6.07) is 15.1. The largest absolute Gasteiger partial charge is 0.507 e. The van der Waals surface area contributed by atoms with Crippen molar-refractivity contribution in [3.05, 3.63) is 65.7 Å². The van der Waals surface area contributed by atoms with Gasteiger partial charge in [0.25, 0.3) is 5.91 Å². The van der Waals surface area contributed by atoms with Crippen molar-refractivity contribution in [2.24, 2.45) is 0 Å². The third-order valence-electron chi connectivity index (χ3n) is 4.22. The maximum Gasteiger partial charge on any atom is 0.342 e. The zero-order chi connectivity index (χ0) is 19.4. The molecule has 0 saturated carbocycles. The van der Waals surface area contributed by atoms with E-state index in [9.17, 15) is 19.8 Å². The summed E-state index contributed by atoms with van der Waals surface area (Å²) in [6.45, 7) is 1.46. The number of nitrogens with one attached hydrogen (secondary N) is 1. The lowest BCUT2D eigenvalue weighted by atomic mass is 10.0. The maximum atomic E-state index is 12.3. The molecule has 0 fully saturated rings. The van der Waals surface area contributed by atoms with Crippen LogP contribution in [-0.2, 0) is 16.0 Å². The second-order valence-corrected chi connectivity index (χ2v) is 5.97. The highest BCUT2D eigenvalue weighted by atomic mass is 16.5. The Labute approximate surface area is 156 Å². The molecule has 6 heteroatoms. The van der Waals surface area contributed by atoms with E-state index < -0.39 is 18.5 Å². The van der Waals surface area contributed by atoms with Crippen molar-refractivity contribution in [2.75, 3.05) is 11.9 Å². The van der Waals surface area contributed by atoms with Crippen molar-refractivity contribution in [1.82, 2.24) is 0 Å². The quantitative estimate of drug-likeness (QED) is 0.474. The standard InChI is InChI=1S/C21H19NO5/c1-2-13-7-3-6-10-17(13)22-19(24)12-27-21(26)16-11-18(23)14-8-4-5-9-15(14)20(16)25/h3-11,23,25H,2,12H2,1H3,(H,22,24). The first-order valence-electron chi connectivity index (χ1n) is 8.49. The van der Waals surface area contributed by atoms with Crippen molar-refractivity contribution in [1.29, 1.82) is 0 Å². The molecule has 0 unspecified atom stereocenters. The molecule has 138 valence electrons. The van der Waals surface area contributed by atoms with E-state index in [1.807, 2.05) is 19.1 Å². The number of benzene rings is 3. The van der Waals surface area contributed by atoms with Crippen LogP contribution >= 0.6 is 0 Å². The predicted octanol–water partition coefficient (Wildman–Crippen LogP) is 3.61. The number of rotatable bonds is 5. The van der Waals surface area contributed by atoms with Gasteiger partial charge in [-0.15, -0.1) is 0 Å². The van der Waals surface area contributed by atoms with Crippen LogP contribution in [0, 0.1) is 0 Å². The van der Waals surface area contributed by atoms with Crippen molar-refractivity contribution in [3.63, 3.8) is 0 Å². The molecule has 3 rings (SSSR count). The van der Waals surface area contributed by atoms with Crippen molar-refractivity contribution in [2.45, 2.75) is 13.3 Å². The number of hydrogen-bond donors (Lipinski definition) is 3. The van der Waals surface area contributed by atoms with Crippen molar-refractivity contribution < 1.29 is 24.5 Å². The van der Waals surface area contributed by atoms with E-state index >= 15 is 0 Å². The van der Waals surface area contributed by atoms with Gasteiger partial charge in [-0.3, -0.25) is 4.79 Å². The molecule has 3 aromatic carbocycles. The number of anilines is 1. The fourth-order valence-corrected chi connectivity index (χ4v) is 2.84. The van der Waals surface area contributed by atoms with Gasteiger partial charge in [0.1, 0.15) is 17.1 Å². The number of amides is 1. The van der Waals surface area contributed by atoms with Crippen LogP contribution in [0.15, 0.2) is 54.6 Å². The molecule has 0 heterocycles. The number of phenols is 2. The van der Waals surface area contributed by atoms with Crippen LogP contribution in [-0.4, -0.2) is 28.7 Å². The molecule has 0 aliphatic heterocycles. The first-order chi connectivity index (χ1) is 13.0. The summed E-state index contributed by atoms with van der Waals surface area (Å²) in [7, 11) is 0. The summed E-state index contributed by atoms with van der Waals surface area (Å²) in [4.78, 5) is 24.3. The summed E-state index contributed by atoms with van der Waals surface area (Å²) in [5, 5.41) is 23.8. The summed E-state index contributed by atoms with van der Waals surface area (Å²) in [5.41, 5.74) is 1.43. The second kappa shape index (κ2) is 7.78. The number of carbonyl (C=O) groups excluding carboxylic acids is 2. The molecule has 0 aromatic heterocycles. The van der Waals surface area contributed by atoms with E-state index in [1.165, 1.54) is 0 Å². The fourth-order valence-electron chi connectivity index (χ4n) is 2.84. The molecule has 0 atom stereocenters. The molecule has 0 aliphatic carbocycles. The fraction of sp³-hybridized carbons (Fsp3) is 0.143. The van der Waals surface area contributed by atoms with Crippen LogP contribution in [0.5, 0.6) is 11.5 Å². The number of ether oxygens (including phenoxy) is 1. The zero-order valence-electron chi connectivity index (χ0n) is 14.7. The van der Waals surface area contributed by atoms with E-state index in [0.717, 1.165) is 18.1 Å². The third kappa shape index (κ3) is 3.84. The molecular weight excluding hydrogens is 346 g/mol. The predicted molar refractivity (Wildman–Crippen MR) is 102 cm³/mol. The van der Waals surface area contributed by atoms with Crippen molar-refractivity contribution in [3.8, 4) is 11.5 Å². The number of phenolic OH excluding ortho intramolecular Hbond substituents is 2. The molecule has 1 amide bonds. The minimum absolute atomic E-state index is 0.156. The van der Waals surface area contributed by atoms with Crippen LogP contribution < -0.4 is 5.32 Å². The molecule has 3 aromatic rings. The molecule has 27 heavy (non-hydrogen) atoms. The minimum Gasteiger partial charge on any atom is -0.507 e. The van der Waals surface area contributed by atoms with Crippen LogP contribution in [0.3, 0.4) is 0 Å². The molecule has 0 spiro atoms. The summed E-state index contributed by atoms with van der Waals surface area (Å²) >= 11 is 0. The number of hydrogen-bond acceptors (Lipinski definition) is 5. The van der Waals surface area contributed by atoms with E-state index in [1.54, 1.807) is 36.4 Å². The van der Waals surface area contributed by atoms with E-state index in [-0.39, 0.29) is 17.1 Å². The Morgan fingerprint density at radius 2 is 1.67 bits per heavy atom. The maximum absolute atomic E-state index is 12.3. The Balaban J connectivity index is 1.72. The smallest absolute Gasteiger partial charge is 0.342 e. The Morgan fingerprint density at radius 1 is 1.00 bits per heavy atom. The molecule has 0 radical (unpaired) electrons. The van der Waals surface area contributed by atoms with Crippen LogP contribution in [0.25, 0.3) is 10.8 Å². The average Bonchev–Trinajstić information content (AvgIpc) is 2.69. The topological polar surface area (TPSA) is 95.9 Å². The van der Waals surface area contributed by atoms with E-state index in [2.05, 4.69) is 5.32 Å². The zero-order valence-corrected chi connectivity index (χ0v) is 14.7. The highest BCUT2D eigenvalue weighted by Crippen LogP contribution is 2.35. The average molecular weight is 365 g/mol. The van der Waals surface area contributed by atoms with Gasteiger partial charge in [0, 0.05) is 16.5 Å². The molecule has 6 nitrogen and oxygen atoms in total. The van der Waals surface area contributed by atoms with Gasteiger partial charge >= 0.3 is 5.97 Å². The Kier molecular flexibility index (Phi) is 5.26. The third-order valence-corrected chi connectivity index (χ3v) is 4.22. The number of esters is 1. The van der Waals surface area contributed by atoms with Crippen molar-refractivity contribution >= 4 is 28.3 Å². The SMILES string of the molecule is CCc1ccccc1NC(=O)COC(=O)c1cc(O)c2ccccc2c1O. The number of aromatic hydroxyl groups is 2. The minimum atomic E-state index is -0.896. The van der Waals surface area contributed by atoms with Gasteiger partial charge in [0.15, 0.2) is 6.61 Å². The normalized spacial score (nSPS) is 10.6. The Hall–Kier alpha value is -3.54. The monoisotopic (exact) mass is 365 g/mol. The highest BCUT2D eigenvalue weighted by Gasteiger charge is 2.19. The van der Waals surface area contributed by atoms with E-state index in [0.29, 0.717) is 16.5 Å². The molecule has 0 saturated heterocycles. The summed E-state index contributed by atoms with van der Waals surface area (Å²) in [6.07, 6.45) is 0.750. The molecule has 0 aliphatic rings. The lowest BCUT2D eigenvalue weighted by Gasteiger charge is -2.11. The van der Waals surface area contributed by atoms with Gasteiger partial charge in [-0.05, 0) is 24.1 Å².